The van der Waals surface area contributed by atoms with Crippen LogP contribution < -0.4 is 4.90 Å². The first-order valence-electron chi connectivity index (χ1n) is 21.3. The SMILES string of the molecule is c1ccc(-c2ccc(N(c3ccc(-c4ccc(-c5cccc6c(-c7ccccc7)c7c8ccccc8c8ccccc8c7n56)cc4)cc3)c3cccc4ccccc34)cc2)cc1. The molecule has 2 nitrogen and oxygen atoms in total. The summed E-state index contributed by atoms with van der Waals surface area (Å²) in [7, 11) is 0. The number of pyridine rings is 1. The van der Waals surface area contributed by atoms with Crippen molar-refractivity contribution in [3.63, 3.8) is 0 Å². The van der Waals surface area contributed by atoms with Crippen LogP contribution in [-0.2, 0) is 0 Å². The Morgan fingerprint density at radius 2 is 0.742 bits per heavy atom. The van der Waals surface area contributed by atoms with E-state index in [0.717, 1.165) is 17.1 Å². The van der Waals surface area contributed by atoms with Gasteiger partial charge in [-0.15, -0.1) is 0 Å². The highest BCUT2D eigenvalue weighted by Crippen LogP contribution is 2.46. The van der Waals surface area contributed by atoms with Crippen molar-refractivity contribution in [1.82, 2.24) is 4.40 Å². The molecule has 0 unspecified atom stereocenters. The third kappa shape index (κ3) is 5.88. The molecule has 0 aliphatic carbocycles. The fourth-order valence-electron chi connectivity index (χ4n) is 9.70. The smallest absolute Gasteiger partial charge is 0.0626 e. The van der Waals surface area contributed by atoms with E-state index in [-0.39, 0.29) is 0 Å². The normalized spacial score (nSPS) is 11.5. The maximum Gasteiger partial charge on any atom is 0.0626 e. The third-order valence-electron chi connectivity index (χ3n) is 12.6. The van der Waals surface area contributed by atoms with Gasteiger partial charge in [0.25, 0.3) is 0 Å². The van der Waals surface area contributed by atoms with Crippen LogP contribution in [0, 0.1) is 0 Å². The summed E-state index contributed by atoms with van der Waals surface area (Å²) in [6.45, 7) is 0. The summed E-state index contributed by atoms with van der Waals surface area (Å²) in [5.41, 5.74) is 15.4. The number of fused-ring (bicyclic) bond motifs is 9. The second kappa shape index (κ2) is 14.8. The monoisotopic (exact) mass is 788 g/mol. The molecule has 10 aromatic carbocycles. The first-order valence-corrected chi connectivity index (χ1v) is 21.3. The fraction of sp³-hybridized carbons (Fsp3) is 0. The summed E-state index contributed by atoms with van der Waals surface area (Å²) >= 11 is 0. The quantitative estimate of drug-likeness (QED) is 0.146. The summed E-state index contributed by atoms with van der Waals surface area (Å²) in [6, 6.07) is 88.2. The first kappa shape index (κ1) is 35.7. The van der Waals surface area contributed by atoms with Gasteiger partial charge >= 0.3 is 0 Å². The summed E-state index contributed by atoms with van der Waals surface area (Å²) in [5.74, 6) is 0. The van der Waals surface area contributed by atoms with E-state index in [1.54, 1.807) is 0 Å². The Balaban J connectivity index is 0.961. The standard InChI is InChI=1S/C60H40N2/c1-3-15-41(16-4-1)43-33-37-48(38-34-43)61(56-27-13-20-45-17-7-8-21-50(45)56)49-39-35-44(36-40-49)42-29-31-46(32-30-42)55-26-14-28-57-58(47-18-5-2-6-19-47)59-53-24-11-9-22-51(53)52-23-10-12-25-54(52)60(59)62(55)57/h1-40H. The van der Waals surface area contributed by atoms with Gasteiger partial charge in [0, 0.05) is 33.1 Å². The van der Waals surface area contributed by atoms with Crippen molar-refractivity contribution in [3.8, 4) is 44.6 Å². The van der Waals surface area contributed by atoms with Crippen molar-refractivity contribution < 1.29 is 0 Å². The van der Waals surface area contributed by atoms with E-state index in [2.05, 4.69) is 252 Å². The van der Waals surface area contributed by atoms with Crippen molar-refractivity contribution in [2.24, 2.45) is 0 Å². The summed E-state index contributed by atoms with van der Waals surface area (Å²) in [6.07, 6.45) is 0. The lowest BCUT2D eigenvalue weighted by Gasteiger charge is -2.27. The second-order valence-corrected chi connectivity index (χ2v) is 16.1. The Hall–Kier alpha value is -8.20. The summed E-state index contributed by atoms with van der Waals surface area (Å²) in [5, 5.41) is 8.80. The molecule has 0 aliphatic heterocycles. The third-order valence-corrected chi connectivity index (χ3v) is 12.6. The van der Waals surface area contributed by atoms with E-state index in [1.165, 1.54) is 93.4 Å². The minimum atomic E-state index is 1.11. The van der Waals surface area contributed by atoms with Crippen LogP contribution in [0.1, 0.15) is 0 Å². The lowest BCUT2D eigenvalue weighted by atomic mass is 9.94. The van der Waals surface area contributed by atoms with Crippen LogP contribution in [0.2, 0.25) is 0 Å². The minimum absolute atomic E-state index is 1.11. The molecule has 12 aromatic rings. The zero-order valence-corrected chi connectivity index (χ0v) is 34.0. The zero-order valence-electron chi connectivity index (χ0n) is 34.0. The van der Waals surface area contributed by atoms with Gasteiger partial charge in [-0.1, -0.05) is 200 Å². The van der Waals surface area contributed by atoms with Gasteiger partial charge in [-0.05, 0) is 97.4 Å². The largest absolute Gasteiger partial charge is 0.310 e. The molecule has 0 amide bonds. The number of hydrogen-bond donors (Lipinski definition) is 0. The van der Waals surface area contributed by atoms with Crippen LogP contribution >= 0.6 is 0 Å². The van der Waals surface area contributed by atoms with Crippen molar-refractivity contribution in [2.45, 2.75) is 0 Å². The van der Waals surface area contributed by atoms with Crippen LogP contribution in [0.3, 0.4) is 0 Å². The first-order chi connectivity index (χ1) is 30.8. The molecule has 0 atom stereocenters. The number of anilines is 3. The maximum atomic E-state index is 2.50. The molecule has 62 heavy (non-hydrogen) atoms. The molecule has 290 valence electrons. The van der Waals surface area contributed by atoms with Crippen molar-refractivity contribution >= 4 is 65.8 Å². The number of aromatic nitrogens is 1. The predicted molar refractivity (Wildman–Crippen MR) is 264 cm³/mol. The molecule has 2 heterocycles. The summed E-state index contributed by atoms with van der Waals surface area (Å²) < 4.78 is 2.50. The molecule has 0 aliphatic rings. The highest BCUT2D eigenvalue weighted by atomic mass is 15.1. The van der Waals surface area contributed by atoms with Crippen LogP contribution in [0.15, 0.2) is 243 Å². The molecule has 0 saturated carbocycles. The van der Waals surface area contributed by atoms with Gasteiger partial charge in [-0.25, -0.2) is 0 Å². The van der Waals surface area contributed by atoms with Gasteiger partial charge in [0.05, 0.1) is 22.4 Å². The molecule has 0 N–H and O–H groups in total. The van der Waals surface area contributed by atoms with Crippen molar-refractivity contribution in [1.29, 1.82) is 0 Å². The molecule has 2 heteroatoms. The molecule has 0 spiro atoms. The van der Waals surface area contributed by atoms with Gasteiger partial charge in [-0.2, -0.15) is 0 Å². The minimum Gasteiger partial charge on any atom is -0.310 e. The van der Waals surface area contributed by atoms with Gasteiger partial charge < -0.3 is 9.30 Å². The Bertz CT molecular complexity index is 3580. The molecule has 0 bridgehead atoms. The van der Waals surface area contributed by atoms with E-state index in [9.17, 15) is 0 Å². The molecule has 12 rings (SSSR count). The Kier molecular flexibility index (Phi) is 8.53. The van der Waals surface area contributed by atoms with Crippen molar-refractivity contribution in [2.75, 3.05) is 4.90 Å². The van der Waals surface area contributed by atoms with Crippen molar-refractivity contribution in [3.05, 3.63) is 243 Å². The van der Waals surface area contributed by atoms with Crippen LogP contribution in [-0.4, -0.2) is 4.40 Å². The topological polar surface area (TPSA) is 7.65 Å². The molecule has 2 aromatic heterocycles. The number of benzene rings is 10. The molecular weight excluding hydrogens is 749 g/mol. The number of rotatable bonds is 7. The van der Waals surface area contributed by atoms with Gasteiger partial charge in [-0.3, -0.25) is 0 Å². The van der Waals surface area contributed by atoms with Gasteiger partial charge in [0.15, 0.2) is 0 Å². The Labute approximate surface area is 360 Å². The van der Waals surface area contributed by atoms with E-state index in [1.807, 2.05) is 0 Å². The average molecular weight is 789 g/mol. The van der Waals surface area contributed by atoms with Crippen LogP contribution in [0.5, 0.6) is 0 Å². The molecule has 0 radical (unpaired) electrons. The molecule has 0 saturated heterocycles. The van der Waals surface area contributed by atoms with E-state index < -0.39 is 0 Å². The highest BCUT2D eigenvalue weighted by molar-refractivity contribution is 6.30. The lowest BCUT2D eigenvalue weighted by molar-refractivity contribution is 1.26. The second-order valence-electron chi connectivity index (χ2n) is 16.1. The Morgan fingerprint density at radius 3 is 1.39 bits per heavy atom. The fourth-order valence-corrected chi connectivity index (χ4v) is 9.70. The van der Waals surface area contributed by atoms with Crippen LogP contribution in [0.25, 0.3) is 93.4 Å². The highest BCUT2D eigenvalue weighted by Gasteiger charge is 2.22. The average Bonchev–Trinajstić information content (AvgIpc) is 3.71. The van der Waals surface area contributed by atoms with Gasteiger partial charge in [0.2, 0.25) is 0 Å². The van der Waals surface area contributed by atoms with E-state index >= 15 is 0 Å². The number of nitrogens with zero attached hydrogens (tertiary/aromatic N) is 2. The van der Waals surface area contributed by atoms with E-state index in [0.29, 0.717) is 0 Å². The summed E-state index contributed by atoms with van der Waals surface area (Å²) in [4.78, 5) is 2.38. The van der Waals surface area contributed by atoms with Gasteiger partial charge in [0.1, 0.15) is 0 Å². The zero-order chi connectivity index (χ0) is 41.0. The lowest BCUT2D eigenvalue weighted by Crippen LogP contribution is -2.10. The predicted octanol–water partition coefficient (Wildman–Crippen LogP) is 16.7. The van der Waals surface area contributed by atoms with Crippen LogP contribution in [0.4, 0.5) is 17.1 Å². The Morgan fingerprint density at radius 1 is 0.290 bits per heavy atom. The van der Waals surface area contributed by atoms with E-state index in [4.69, 9.17) is 0 Å². The molecular formula is C60H40N2. The number of hydrogen-bond acceptors (Lipinski definition) is 1. The maximum absolute atomic E-state index is 2.50. The molecule has 0 fully saturated rings.